The molecule has 3 atom stereocenters. The van der Waals surface area contributed by atoms with Gasteiger partial charge in [-0.15, -0.1) is 0 Å². The van der Waals surface area contributed by atoms with Crippen LogP contribution in [-0.2, 0) is 21.4 Å². The molecule has 4 N–H and O–H groups in total. The highest BCUT2D eigenvalue weighted by atomic mass is 16.6. The van der Waals surface area contributed by atoms with Crippen molar-refractivity contribution < 1.29 is 24.2 Å². The largest absolute Gasteiger partial charge is 0.434 e. The van der Waals surface area contributed by atoms with Crippen LogP contribution in [0.5, 0.6) is 0 Å². The second kappa shape index (κ2) is 10.6. The molecule has 1 aliphatic heterocycles. The Morgan fingerprint density at radius 1 is 1.13 bits per heavy atom. The molecule has 0 saturated carbocycles. The summed E-state index contributed by atoms with van der Waals surface area (Å²) in [5.41, 5.74) is -0.272. The number of ether oxygens (including phenoxy) is 1. The number of cyclic esters (lactones) is 1. The normalized spacial score (nSPS) is 17.4. The van der Waals surface area contributed by atoms with Crippen LogP contribution in [0.15, 0.2) is 52.4 Å². The fraction of sp³-hybridized carbons (Fsp3) is 0.292. The highest BCUT2D eigenvalue weighted by molar-refractivity contribution is 6.04. The van der Waals surface area contributed by atoms with Crippen LogP contribution in [0.1, 0.15) is 35.4 Å². The Morgan fingerprint density at radius 3 is 2.45 bits per heavy atom. The number of aromatic nitrogens is 4. The van der Waals surface area contributed by atoms with Crippen LogP contribution in [-0.4, -0.2) is 54.3 Å². The fourth-order valence-corrected chi connectivity index (χ4v) is 3.71. The molecule has 0 aliphatic carbocycles. The number of amides is 2. The fourth-order valence-electron chi connectivity index (χ4n) is 3.71. The zero-order valence-corrected chi connectivity index (χ0v) is 20.7. The molecule has 2 amide bonds. The molecule has 3 aromatic rings. The van der Waals surface area contributed by atoms with Crippen molar-refractivity contribution in [3.05, 3.63) is 75.0 Å². The third-order valence-electron chi connectivity index (χ3n) is 5.81. The van der Waals surface area contributed by atoms with Crippen LogP contribution >= 0.6 is 0 Å². The van der Waals surface area contributed by atoms with Gasteiger partial charge in [0.25, 0.3) is 11.5 Å². The quantitative estimate of drug-likeness (QED) is 0.306. The van der Waals surface area contributed by atoms with E-state index < -0.39 is 47.4 Å². The summed E-state index contributed by atoms with van der Waals surface area (Å²) >= 11 is 0. The second-order valence-electron chi connectivity index (χ2n) is 8.69. The molecule has 3 heterocycles. The number of benzene rings is 1. The van der Waals surface area contributed by atoms with E-state index in [0.717, 1.165) is 16.5 Å². The molecule has 2 aromatic heterocycles. The first-order valence-electron chi connectivity index (χ1n) is 11.5. The summed E-state index contributed by atoms with van der Waals surface area (Å²) in [7, 11) is 1.36. The lowest BCUT2D eigenvalue weighted by molar-refractivity contribution is -0.155. The Hall–Kier alpha value is -4.85. The van der Waals surface area contributed by atoms with E-state index in [2.05, 4.69) is 30.7 Å². The molecule has 1 aromatic carbocycles. The summed E-state index contributed by atoms with van der Waals surface area (Å²) in [6, 6.07) is 4.02. The van der Waals surface area contributed by atoms with Gasteiger partial charge >= 0.3 is 11.7 Å². The first-order chi connectivity index (χ1) is 18.0. The monoisotopic (exact) mass is 523 g/mol. The molecule has 14 heteroatoms. The number of carbonyl (C=O) groups excluding carboxylic acids is 3. The van der Waals surface area contributed by atoms with Crippen molar-refractivity contribution in [2.75, 3.05) is 10.6 Å². The molecule has 1 aliphatic rings. The number of anilines is 3. The van der Waals surface area contributed by atoms with Crippen molar-refractivity contribution in [3.63, 3.8) is 0 Å². The number of aryl methyl sites for hydroxylation is 2. The first-order valence-corrected chi connectivity index (χ1v) is 11.5. The van der Waals surface area contributed by atoms with Crippen molar-refractivity contribution in [1.82, 2.24) is 24.4 Å². The van der Waals surface area contributed by atoms with Crippen LogP contribution in [0.4, 0.5) is 17.2 Å². The second-order valence-corrected chi connectivity index (χ2v) is 8.69. The first kappa shape index (κ1) is 26.2. The van der Waals surface area contributed by atoms with E-state index in [-0.39, 0.29) is 17.7 Å². The van der Waals surface area contributed by atoms with Gasteiger partial charge in [-0.05, 0) is 38.1 Å². The van der Waals surface area contributed by atoms with Gasteiger partial charge in [0.1, 0.15) is 23.6 Å². The molecular formula is C24H25N7O7. The predicted octanol–water partition coefficient (Wildman–Crippen LogP) is -0.0476. The van der Waals surface area contributed by atoms with Crippen LogP contribution in [0, 0.1) is 6.92 Å². The lowest BCUT2D eigenvalue weighted by Gasteiger charge is -2.20. The van der Waals surface area contributed by atoms with Gasteiger partial charge in [-0.3, -0.25) is 24.2 Å². The number of hydrogen-bond acceptors (Lipinski definition) is 10. The zero-order valence-electron chi connectivity index (χ0n) is 20.7. The van der Waals surface area contributed by atoms with Gasteiger partial charge in [0.05, 0.1) is 24.5 Å². The molecule has 0 bridgehead atoms. The summed E-state index contributed by atoms with van der Waals surface area (Å²) in [6.45, 7) is 3.12. The van der Waals surface area contributed by atoms with Crippen LogP contribution < -0.4 is 27.2 Å². The van der Waals surface area contributed by atoms with E-state index in [1.165, 1.54) is 26.1 Å². The number of carbonyl (C=O) groups is 3. The van der Waals surface area contributed by atoms with E-state index >= 15 is 0 Å². The van der Waals surface area contributed by atoms with Crippen LogP contribution in [0.3, 0.4) is 0 Å². The summed E-state index contributed by atoms with van der Waals surface area (Å²) < 4.78 is 6.30. The molecule has 1 fully saturated rings. The minimum absolute atomic E-state index is 0.228. The van der Waals surface area contributed by atoms with Gasteiger partial charge in [-0.1, -0.05) is 0 Å². The number of hydrogen-bond donors (Lipinski definition) is 4. The highest BCUT2D eigenvalue weighted by Crippen LogP contribution is 2.16. The Morgan fingerprint density at radius 2 is 1.84 bits per heavy atom. The molecule has 38 heavy (non-hydrogen) atoms. The minimum atomic E-state index is -1.53. The summed E-state index contributed by atoms with van der Waals surface area (Å²) in [5, 5.41) is 17.6. The van der Waals surface area contributed by atoms with E-state index in [1.54, 1.807) is 24.5 Å². The van der Waals surface area contributed by atoms with Gasteiger partial charge in [0.15, 0.2) is 0 Å². The number of nitrogens with one attached hydrogen (secondary N) is 3. The molecular weight excluding hydrogens is 498 g/mol. The zero-order chi connectivity index (χ0) is 27.6. The maximum atomic E-state index is 13.1. The molecule has 1 saturated heterocycles. The Bertz CT molecular complexity index is 1500. The number of aliphatic hydroxyl groups excluding tert-OH is 1. The number of rotatable bonds is 7. The topological polar surface area (TPSA) is 187 Å². The van der Waals surface area contributed by atoms with Crippen molar-refractivity contribution in [1.29, 1.82) is 0 Å². The van der Waals surface area contributed by atoms with Crippen molar-refractivity contribution in [2.24, 2.45) is 7.05 Å². The molecule has 2 unspecified atom stereocenters. The van der Waals surface area contributed by atoms with Gasteiger partial charge in [0, 0.05) is 24.5 Å². The number of nitrogens with zero attached hydrogens (tertiary/aromatic N) is 4. The van der Waals surface area contributed by atoms with E-state index in [4.69, 9.17) is 0 Å². The SMILES string of the molecule is Cc1cnc(Nc2ccc(C(=O)Nc3cn(C)c(=O)n(C(C)C(=O)N[C@H]4CC(=O)OC4O)c3=O)cc2)cn1. The van der Waals surface area contributed by atoms with E-state index in [0.29, 0.717) is 16.1 Å². The number of aliphatic hydroxyl groups is 1. The molecule has 14 nitrogen and oxygen atoms in total. The summed E-state index contributed by atoms with van der Waals surface area (Å²) in [6.07, 6.45) is 2.56. The van der Waals surface area contributed by atoms with Crippen LogP contribution in [0.25, 0.3) is 0 Å². The van der Waals surface area contributed by atoms with Gasteiger partial charge in [-0.25, -0.2) is 14.3 Å². The maximum absolute atomic E-state index is 13.1. The number of esters is 1. The average Bonchev–Trinajstić information content (AvgIpc) is 3.20. The maximum Gasteiger partial charge on any atom is 0.331 e. The van der Waals surface area contributed by atoms with Crippen LogP contribution in [0.2, 0.25) is 0 Å². The van der Waals surface area contributed by atoms with Crippen molar-refractivity contribution >= 4 is 35.0 Å². The Balaban J connectivity index is 1.50. The molecule has 4 rings (SSSR count). The smallest absolute Gasteiger partial charge is 0.331 e. The summed E-state index contributed by atoms with van der Waals surface area (Å²) in [5.74, 6) is -1.58. The minimum Gasteiger partial charge on any atom is -0.434 e. The highest BCUT2D eigenvalue weighted by Gasteiger charge is 2.36. The van der Waals surface area contributed by atoms with E-state index in [9.17, 15) is 29.1 Å². The molecule has 198 valence electrons. The molecule has 0 spiro atoms. The third-order valence-corrected chi connectivity index (χ3v) is 5.81. The van der Waals surface area contributed by atoms with Crippen molar-refractivity contribution in [3.8, 4) is 0 Å². The van der Waals surface area contributed by atoms with Gasteiger partial charge < -0.3 is 30.4 Å². The molecule has 0 radical (unpaired) electrons. The summed E-state index contributed by atoms with van der Waals surface area (Å²) in [4.78, 5) is 71.0. The van der Waals surface area contributed by atoms with Gasteiger partial charge in [-0.2, -0.15) is 0 Å². The Labute approximate surface area is 215 Å². The standard InChI is InChI=1S/C24H25N7O7/c1-12-9-26-18(10-25-12)27-15-6-4-14(5-7-15)21(34)29-17-11-30(3)24(37)31(22(17)35)13(2)20(33)28-16-8-19(32)38-23(16)36/h4-7,9-11,13,16,23,36H,8H2,1-3H3,(H,26,27)(H,28,33)(H,29,34)/t13?,16-,23?/m0/s1. The van der Waals surface area contributed by atoms with E-state index in [1.807, 2.05) is 6.92 Å². The lowest BCUT2D eigenvalue weighted by Crippen LogP contribution is -2.49. The Kier molecular flexibility index (Phi) is 7.34. The predicted molar refractivity (Wildman–Crippen MR) is 134 cm³/mol. The lowest BCUT2D eigenvalue weighted by atomic mass is 10.2. The third kappa shape index (κ3) is 5.59. The average molecular weight is 524 g/mol. The van der Waals surface area contributed by atoms with Gasteiger partial charge in [0.2, 0.25) is 12.2 Å². The van der Waals surface area contributed by atoms with Crippen molar-refractivity contribution in [2.45, 2.75) is 38.6 Å².